The summed E-state index contributed by atoms with van der Waals surface area (Å²) in [5.41, 5.74) is 0.965. The van der Waals surface area contributed by atoms with Gasteiger partial charge in [-0.3, -0.25) is 14.5 Å². The number of hydrogen-bond acceptors (Lipinski definition) is 6. The fraction of sp³-hybridized carbons (Fsp3) is 0.500. The highest BCUT2D eigenvalue weighted by Crippen LogP contribution is 2.43. The van der Waals surface area contributed by atoms with Crippen LogP contribution in [0.4, 0.5) is 5.69 Å². The van der Waals surface area contributed by atoms with E-state index in [1.807, 2.05) is 6.92 Å². The first-order valence-electron chi connectivity index (χ1n) is 7.47. The van der Waals surface area contributed by atoms with E-state index in [2.05, 4.69) is 4.74 Å². The van der Waals surface area contributed by atoms with Crippen LogP contribution in [0.25, 0.3) is 0 Å². The van der Waals surface area contributed by atoms with Gasteiger partial charge < -0.3 is 19.3 Å². The van der Waals surface area contributed by atoms with Gasteiger partial charge in [0.2, 0.25) is 0 Å². The van der Waals surface area contributed by atoms with Crippen LogP contribution in [0.3, 0.4) is 0 Å². The Hall–Kier alpha value is -2.28. The number of nitrogens with zero attached hydrogens (tertiary/aromatic N) is 1. The fourth-order valence-electron chi connectivity index (χ4n) is 2.29. The average Bonchev–Trinajstić information content (AvgIpc) is 2.56. The van der Waals surface area contributed by atoms with Crippen LogP contribution in [0.15, 0.2) is 12.1 Å². The van der Waals surface area contributed by atoms with E-state index in [1.54, 1.807) is 19.1 Å². The number of aliphatic hydroxyl groups excluding tert-OH is 1. The quantitative estimate of drug-likeness (QED) is 0.793. The molecule has 0 saturated carbocycles. The third kappa shape index (κ3) is 3.56. The van der Waals surface area contributed by atoms with Crippen LogP contribution >= 0.6 is 0 Å². The number of anilines is 1. The number of hydrogen-bond donors (Lipinski definition) is 1. The number of carbonyl (C=O) groups is 2. The molecule has 1 heterocycles. The maximum Gasteiger partial charge on any atom is 0.325 e. The molecule has 1 aliphatic heterocycles. The molecule has 126 valence electrons. The molecule has 7 nitrogen and oxygen atoms in total. The van der Waals surface area contributed by atoms with Crippen molar-refractivity contribution in [2.45, 2.75) is 33.0 Å². The second-order valence-corrected chi connectivity index (χ2v) is 5.21. The molecule has 1 aromatic rings. The second kappa shape index (κ2) is 7.32. The highest BCUT2D eigenvalue weighted by Gasteiger charge is 2.35. The van der Waals surface area contributed by atoms with Crippen molar-refractivity contribution >= 4 is 17.6 Å². The van der Waals surface area contributed by atoms with E-state index in [0.29, 0.717) is 29.4 Å². The third-order valence-corrected chi connectivity index (χ3v) is 3.45. The number of esters is 1. The lowest BCUT2D eigenvalue weighted by Crippen LogP contribution is -2.47. The average molecular weight is 323 g/mol. The van der Waals surface area contributed by atoms with Crippen molar-refractivity contribution in [2.75, 3.05) is 25.2 Å². The Morgan fingerprint density at radius 3 is 2.78 bits per heavy atom. The molecule has 2 rings (SSSR count). The summed E-state index contributed by atoms with van der Waals surface area (Å²) in [7, 11) is 1.26. The van der Waals surface area contributed by atoms with Crippen LogP contribution in [-0.4, -0.2) is 43.3 Å². The first kappa shape index (κ1) is 17.1. The molecule has 1 aromatic carbocycles. The van der Waals surface area contributed by atoms with Crippen molar-refractivity contribution < 1.29 is 28.9 Å². The van der Waals surface area contributed by atoms with Gasteiger partial charge in [-0.25, -0.2) is 0 Å². The SMILES string of the molecule is CCCOc1cc(CO)cc2c1OC(C)C(=O)N2CC(=O)OC. The van der Waals surface area contributed by atoms with Gasteiger partial charge in [0.15, 0.2) is 17.6 Å². The second-order valence-electron chi connectivity index (χ2n) is 5.21. The van der Waals surface area contributed by atoms with Crippen molar-refractivity contribution in [3.05, 3.63) is 17.7 Å². The van der Waals surface area contributed by atoms with E-state index in [9.17, 15) is 14.7 Å². The van der Waals surface area contributed by atoms with Gasteiger partial charge in [-0.1, -0.05) is 6.92 Å². The predicted octanol–water partition coefficient (Wildman–Crippen LogP) is 1.25. The maximum atomic E-state index is 12.4. The van der Waals surface area contributed by atoms with Gasteiger partial charge in [0, 0.05) is 0 Å². The first-order valence-corrected chi connectivity index (χ1v) is 7.47. The fourth-order valence-corrected chi connectivity index (χ4v) is 2.29. The normalized spacial score (nSPS) is 16.6. The number of methoxy groups -OCH3 is 1. The Kier molecular flexibility index (Phi) is 5.44. The van der Waals surface area contributed by atoms with Gasteiger partial charge in [-0.15, -0.1) is 0 Å². The van der Waals surface area contributed by atoms with E-state index in [1.165, 1.54) is 12.0 Å². The Balaban J connectivity index is 2.49. The smallest absolute Gasteiger partial charge is 0.325 e. The molecule has 1 amide bonds. The lowest BCUT2D eigenvalue weighted by molar-refractivity contribution is -0.140. The summed E-state index contributed by atoms with van der Waals surface area (Å²) in [4.78, 5) is 25.3. The molecule has 1 N–H and O–H groups in total. The molecule has 0 aromatic heterocycles. The number of ether oxygens (including phenoxy) is 3. The summed E-state index contributed by atoms with van der Waals surface area (Å²) in [5, 5.41) is 9.43. The molecular formula is C16H21NO6. The number of amides is 1. The Morgan fingerprint density at radius 1 is 1.43 bits per heavy atom. The zero-order valence-corrected chi connectivity index (χ0v) is 13.5. The van der Waals surface area contributed by atoms with Crippen molar-refractivity contribution in [1.82, 2.24) is 0 Å². The molecule has 23 heavy (non-hydrogen) atoms. The maximum absolute atomic E-state index is 12.4. The van der Waals surface area contributed by atoms with Crippen LogP contribution in [0.1, 0.15) is 25.8 Å². The van der Waals surface area contributed by atoms with E-state index in [4.69, 9.17) is 9.47 Å². The van der Waals surface area contributed by atoms with Crippen molar-refractivity contribution in [1.29, 1.82) is 0 Å². The molecule has 1 unspecified atom stereocenters. The van der Waals surface area contributed by atoms with Gasteiger partial charge in [-0.05, 0) is 31.0 Å². The van der Waals surface area contributed by atoms with Gasteiger partial charge in [0.25, 0.3) is 5.91 Å². The van der Waals surface area contributed by atoms with Crippen molar-refractivity contribution in [3.63, 3.8) is 0 Å². The summed E-state index contributed by atoms with van der Waals surface area (Å²) >= 11 is 0. The van der Waals surface area contributed by atoms with Crippen LogP contribution in [0.5, 0.6) is 11.5 Å². The van der Waals surface area contributed by atoms with Gasteiger partial charge >= 0.3 is 5.97 Å². The molecular weight excluding hydrogens is 302 g/mol. The van der Waals surface area contributed by atoms with Crippen LogP contribution in [0.2, 0.25) is 0 Å². The monoisotopic (exact) mass is 323 g/mol. The van der Waals surface area contributed by atoms with Gasteiger partial charge in [-0.2, -0.15) is 0 Å². The minimum absolute atomic E-state index is 0.217. The highest BCUT2D eigenvalue weighted by molar-refractivity contribution is 6.03. The molecule has 0 radical (unpaired) electrons. The Morgan fingerprint density at radius 2 is 2.17 bits per heavy atom. The lowest BCUT2D eigenvalue weighted by atomic mass is 10.1. The zero-order chi connectivity index (χ0) is 17.0. The Labute approximate surface area is 134 Å². The molecule has 0 fully saturated rings. The van der Waals surface area contributed by atoms with Gasteiger partial charge in [0.05, 0.1) is 26.0 Å². The standard InChI is InChI=1S/C16H21NO6/c1-4-5-22-13-7-11(9-18)6-12-15(13)23-10(2)16(20)17(12)8-14(19)21-3/h6-7,10,18H,4-5,8-9H2,1-3H3. The van der Waals surface area contributed by atoms with Crippen molar-refractivity contribution in [3.8, 4) is 11.5 Å². The topological polar surface area (TPSA) is 85.3 Å². The number of carbonyl (C=O) groups excluding carboxylic acids is 2. The predicted molar refractivity (Wildman–Crippen MR) is 82.6 cm³/mol. The van der Waals surface area contributed by atoms with E-state index >= 15 is 0 Å². The van der Waals surface area contributed by atoms with E-state index in [-0.39, 0.29) is 19.1 Å². The summed E-state index contributed by atoms with van der Waals surface area (Å²) < 4.78 is 16.0. The molecule has 0 aliphatic carbocycles. The molecule has 1 aliphatic rings. The molecule has 7 heteroatoms. The molecule has 0 bridgehead atoms. The van der Waals surface area contributed by atoms with Crippen LogP contribution in [0, 0.1) is 0 Å². The van der Waals surface area contributed by atoms with Crippen LogP contribution in [-0.2, 0) is 20.9 Å². The van der Waals surface area contributed by atoms with E-state index < -0.39 is 12.1 Å². The Bertz CT molecular complexity index is 600. The summed E-state index contributed by atoms with van der Waals surface area (Å²) in [6, 6.07) is 3.29. The first-order chi connectivity index (χ1) is 11.0. The lowest BCUT2D eigenvalue weighted by Gasteiger charge is -2.33. The summed E-state index contributed by atoms with van der Waals surface area (Å²) in [6.45, 7) is 3.62. The van der Waals surface area contributed by atoms with Crippen molar-refractivity contribution in [2.24, 2.45) is 0 Å². The minimum atomic E-state index is -0.740. The largest absolute Gasteiger partial charge is 0.490 e. The number of rotatable bonds is 6. The molecule has 1 atom stereocenters. The zero-order valence-electron chi connectivity index (χ0n) is 13.5. The van der Waals surface area contributed by atoms with Gasteiger partial charge in [0.1, 0.15) is 6.54 Å². The third-order valence-electron chi connectivity index (χ3n) is 3.45. The summed E-state index contributed by atoms with van der Waals surface area (Å²) in [6.07, 6.45) is 0.0643. The minimum Gasteiger partial charge on any atom is -0.490 e. The van der Waals surface area contributed by atoms with Crippen LogP contribution < -0.4 is 14.4 Å². The number of benzene rings is 1. The summed E-state index contributed by atoms with van der Waals surface area (Å²) in [5.74, 6) is -0.0440. The van der Waals surface area contributed by atoms with E-state index in [0.717, 1.165) is 6.42 Å². The molecule has 0 spiro atoms. The number of aliphatic hydroxyl groups is 1. The highest BCUT2D eigenvalue weighted by atomic mass is 16.5. The molecule has 0 saturated heterocycles. The number of fused-ring (bicyclic) bond motifs is 1.